The second kappa shape index (κ2) is 6.91. The molecule has 6 heteroatoms. The van der Waals surface area contributed by atoms with E-state index in [1.807, 2.05) is 17.9 Å². The van der Waals surface area contributed by atoms with Crippen molar-refractivity contribution in [2.75, 3.05) is 6.54 Å². The van der Waals surface area contributed by atoms with Gasteiger partial charge in [-0.15, -0.1) is 0 Å². The van der Waals surface area contributed by atoms with Crippen LogP contribution < -0.4 is 15.5 Å². The molecule has 2 heterocycles. The van der Waals surface area contributed by atoms with Gasteiger partial charge in [0.05, 0.1) is 0 Å². The SMILES string of the molecule is CCCC(=O)C1Oc2c(ON)ccc3c2[C@@]1(C)CCN(C(C)=O)C(C)C3. The second-order valence-corrected chi connectivity index (χ2v) is 7.69. The van der Waals surface area contributed by atoms with Crippen LogP contribution in [0.15, 0.2) is 12.1 Å². The summed E-state index contributed by atoms with van der Waals surface area (Å²) in [5, 5.41) is 0. The molecule has 2 N–H and O–H groups in total. The predicted molar refractivity (Wildman–Crippen MR) is 98.1 cm³/mol. The topological polar surface area (TPSA) is 81.9 Å². The number of nitrogens with zero attached hydrogens (tertiary/aromatic N) is 1. The van der Waals surface area contributed by atoms with Gasteiger partial charge >= 0.3 is 0 Å². The Kier molecular flexibility index (Phi) is 4.97. The standard InChI is InChI=1S/C20H28N2O4/c1-5-6-15(24)19-20(4)9-10-22(13(3)23)12(2)11-14-7-8-16(26-21)18(25-19)17(14)20/h7-8,12,19H,5-6,9-11,21H2,1-4H3/t12?,19?,20-/m1/s1. The number of Topliss-reactive ketones (excluding diaryl/α,β-unsaturated/α-hetero) is 1. The summed E-state index contributed by atoms with van der Waals surface area (Å²) in [7, 11) is 0. The van der Waals surface area contributed by atoms with Gasteiger partial charge in [-0.2, -0.15) is 5.90 Å². The number of carbonyl (C=O) groups excluding carboxylic acids is 2. The van der Waals surface area contributed by atoms with E-state index in [-0.39, 0.29) is 17.7 Å². The van der Waals surface area contributed by atoms with Crippen molar-refractivity contribution in [1.29, 1.82) is 0 Å². The summed E-state index contributed by atoms with van der Waals surface area (Å²) in [4.78, 5) is 31.8. The Labute approximate surface area is 154 Å². The third-order valence-corrected chi connectivity index (χ3v) is 5.83. The number of benzene rings is 1. The quantitative estimate of drug-likeness (QED) is 0.835. The van der Waals surface area contributed by atoms with Gasteiger partial charge in [-0.25, -0.2) is 0 Å². The van der Waals surface area contributed by atoms with Gasteiger partial charge in [-0.1, -0.05) is 19.9 Å². The molecule has 0 spiro atoms. The summed E-state index contributed by atoms with van der Waals surface area (Å²) in [5.74, 6) is 6.63. The van der Waals surface area contributed by atoms with E-state index in [0.717, 1.165) is 17.5 Å². The molecular weight excluding hydrogens is 332 g/mol. The highest BCUT2D eigenvalue weighted by atomic mass is 16.6. The number of carbonyl (C=O) groups is 2. The Morgan fingerprint density at radius 3 is 2.77 bits per heavy atom. The van der Waals surface area contributed by atoms with Gasteiger partial charge in [0.2, 0.25) is 5.91 Å². The lowest BCUT2D eigenvalue weighted by Crippen LogP contribution is -2.48. The molecule has 142 valence electrons. The summed E-state index contributed by atoms with van der Waals surface area (Å²) >= 11 is 0. The highest BCUT2D eigenvalue weighted by Gasteiger charge is 2.52. The molecule has 1 aromatic rings. The number of hydrogen-bond donors (Lipinski definition) is 1. The second-order valence-electron chi connectivity index (χ2n) is 7.69. The maximum atomic E-state index is 12.8. The Hall–Kier alpha value is -2.08. The summed E-state index contributed by atoms with van der Waals surface area (Å²) in [6.45, 7) is 8.30. The Bertz CT molecular complexity index is 733. The van der Waals surface area contributed by atoms with Crippen LogP contribution in [-0.4, -0.2) is 35.3 Å². The van der Waals surface area contributed by atoms with Gasteiger partial charge in [-0.3, -0.25) is 9.59 Å². The van der Waals surface area contributed by atoms with Crippen LogP contribution in [-0.2, 0) is 21.4 Å². The van der Waals surface area contributed by atoms with Crippen molar-refractivity contribution in [3.05, 3.63) is 23.3 Å². The molecule has 3 atom stereocenters. The fourth-order valence-corrected chi connectivity index (χ4v) is 4.51. The highest BCUT2D eigenvalue weighted by Crippen LogP contribution is 2.52. The molecule has 0 bridgehead atoms. The summed E-state index contributed by atoms with van der Waals surface area (Å²) < 4.78 is 6.15. The predicted octanol–water partition coefficient (Wildman–Crippen LogP) is 2.51. The number of ketones is 1. The van der Waals surface area contributed by atoms with Gasteiger partial charge in [-0.05, 0) is 37.8 Å². The van der Waals surface area contributed by atoms with E-state index in [1.54, 1.807) is 13.0 Å². The van der Waals surface area contributed by atoms with Crippen LogP contribution in [0.3, 0.4) is 0 Å². The molecule has 0 fully saturated rings. The molecule has 0 radical (unpaired) electrons. The summed E-state index contributed by atoms with van der Waals surface area (Å²) in [6, 6.07) is 3.85. The molecule has 3 rings (SSSR count). The largest absolute Gasteiger partial charge is 0.477 e. The number of rotatable bonds is 4. The van der Waals surface area contributed by atoms with Crippen molar-refractivity contribution in [3.8, 4) is 11.5 Å². The molecule has 0 aliphatic carbocycles. The molecular formula is C20H28N2O4. The fraction of sp³-hybridized carbons (Fsp3) is 0.600. The zero-order chi connectivity index (χ0) is 19.1. The van der Waals surface area contributed by atoms with Crippen molar-refractivity contribution in [1.82, 2.24) is 4.90 Å². The van der Waals surface area contributed by atoms with Crippen molar-refractivity contribution in [2.45, 2.75) is 70.9 Å². The van der Waals surface area contributed by atoms with Crippen molar-refractivity contribution >= 4 is 11.7 Å². The first-order chi connectivity index (χ1) is 12.3. The molecule has 1 aromatic carbocycles. The zero-order valence-electron chi connectivity index (χ0n) is 16.0. The molecule has 0 aromatic heterocycles. The van der Waals surface area contributed by atoms with Crippen LogP contribution in [0, 0.1) is 0 Å². The van der Waals surface area contributed by atoms with E-state index in [0.29, 0.717) is 37.3 Å². The van der Waals surface area contributed by atoms with Crippen LogP contribution >= 0.6 is 0 Å². The lowest BCUT2D eigenvalue weighted by Gasteiger charge is -2.38. The monoisotopic (exact) mass is 360 g/mol. The van der Waals surface area contributed by atoms with Crippen LogP contribution in [0.5, 0.6) is 11.5 Å². The zero-order valence-corrected chi connectivity index (χ0v) is 16.0. The minimum Gasteiger partial charge on any atom is -0.477 e. The first kappa shape index (κ1) is 18.7. The third-order valence-electron chi connectivity index (χ3n) is 5.83. The van der Waals surface area contributed by atoms with E-state index in [9.17, 15) is 9.59 Å². The van der Waals surface area contributed by atoms with Gasteiger partial charge in [0.1, 0.15) is 0 Å². The minimum absolute atomic E-state index is 0.0574. The summed E-state index contributed by atoms with van der Waals surface area (Å²) in [6.07, 6.45) is 2.03. The maximum absolute atomic E-state index is 12.8. The van der Waals surface area contributed by atoms with E-state index >= 15 is 0 Å². The number of ether oxygens (including phenoxy) is 1. The van der Waals surface area contributed by atoms with E-state index < -0.39 is 11.5 Å². The Morgan fingerprint density at radius 2 is 2.15 bits per heavy atom. The third kappa shape index (κ3) is 2.86. The van der Waals surface area contributed by atoms with Gasteiger partial charge in [0, 0.05) is 36.9 Å². The number of hydrogen-bond acceptors (Lipinski definition) is 5. The number of nitrogens with two attached hydrogens (primary N) is 1. The normalized spacial score (nSPS) is 27.2. The van der Waals surface area contributed by atoms with Gasteiger partial charge in [0.25, 0.3) is 0 Å². The van der Waals surface area contributed by atoms with Gasteiger partial charge in [0.15, 0.2) is 23.4 Å². The fourth-order valence-electron chi connectivity index (χ4n) is 4.51. The van der Waals surface area contributed by atoms with Crippen LogP contribution in [0.4, 0.5) is 0 Å². The van der Waals surface area contributed by atoms with Crippen molar-refractivity contribution in [2.24, 2.45) is 5.90 Å². The first-order valence-corrected chi connectivity index (χ1v) is 9.33. The van der Waals surface area contributed by atoms with Crippen LogP contribution in [0.1, 0.15) is 58.1 Å². The molecule has 2 aliphatic rings. The molecule has 6 nitrogen and oxygen atoms in total. The molecule has 0 saturated heterocycles. The van der Waals surface area contributed by atoms with Crippen molar-refractivity contribution < 1.29 is 19.2 Å². The highest BCUT2D eigenvalue weighted by molar-refractivity contribution is 5.87. The molecule has 0 saturated carbocycles. The molecule has 26 heavy (non-hydrogen) atoms. The van der Waals surface area contributed by atoms with Crippen molar-refractivity contribution in [3.63, 3.8) is 0 Å². The molecule has 2 unspecified atom stereocenters. The average Bonchev–Trinajstić information content (AvgIpc) is 2.88. The Morgan fingerprint density at radius 1 is 1.42 bits per heavy atom. The van der Waals surface area contributed by atoms with Gasteiger partial charge < -0.3 is 14.5 Å². The minimum atomic E-state index is -0.574. The smallest absolute Gasteiger partial charge is 0.219 e. The van der Waals surface area contributed by atoms with Crippen LogP contribution in [0.25, 0.3) is 0 Å². The first-order valence-electron chi connectivity index (χ1n) is 9.33. The lowest BCUT2D eigenvalue weighted by atomic mass is 9.71. The number of amides is 1. The summed E-state index contributed by atoms with van der Waals surface area (Å²) in [5.41, 5.74) is 1.61. The average molecular weight is 360 g/mol. The van der Waals surface area contributed by atoms with Crippen LogP contribution in [0.2, 0.25) is 0 Å². The molecule has 1 amide bonds. The molecule has 2 aliphatic heterocycles. The maximum Gasteiger partial charge on any atom is 0.219 e. The lowest BCUT2D eigenvalue weighted by molar-refractivity contribution is -0.131. The van der Waals surface area contributed by atoms with E-state index in [2.05, 4.69) is 13.8 Å². The van der Waals surface area contributed by atoms with E-state index in [1.165, 1.54) is 0 Å². The van der Waals surface area contributed by atoms with E-state index in [4.69, 9.17) is 15.5 Å². The Balaban J connectivity index is 2.14.